The van der Waals surface area contributed by atoms with Gasteiger partial charge in [-0.1, -0.05) is 30.0 Å². The molecule has 0 saturated carbocycles. The largest absolute Gasteiger partial charge is 0.462 e. The lowest BCUT2D eigenvalue weighted by molar-refractivity contribution is 0.0531. The number of nitrogen functional groups attached to an aromatic ring is 1. The van der Waals surface area contributed by atoms with E-state index >= 15 is 0 Å². The normalized spacial score (nSPS) is 10.5. The highest BCUT2D eigenvalue weighted by atomic mass is 32.2. The highest BCUT2D eigenvalue weighted by Gasteiger charge is 2.23. The summed E-state index contributed by atoms with van der Waals surface area (Å²) in [5.41, 5.74) is 7.54. The fourth-order valence-corrected chi connectivity index (χ4v) is 4.19. The maximum absolute atomic E-state index is 12.2. The van der Waals surface area contributed by atoms with Crippen LogP contribution < -0.4 is 5.73 Å². The number of rotatable bonds is 6. The van der Waals surface area contributed by atoms with Gasteiger partial charge in [0, 0.05) is 11.3 Å². The van der Waals surface area contributed by atoms with Crippen LogP contribution in [0.2, 0.25) is 0 Å². The molecule has 0 aliphatic carbocycles. The molecule has 0 spiro atoms. The van der Waals surface area contributed by atoms with Crippen LogP contribution in [0.25, 0.3) is 5.69 Å². The van der Waals surface area contributed by atoms with Gasteiger partial charge in [-0.15, -0.1) is 16.4 Å². The number of carbonyl (C=O) groups is 1. The zero-order valence-electron chi connectivity index (χ0n) is 13.7. The van der Waals surface area contributed by atoms with Crippen molar-refractivity contribution in [1.82, 2.24) is 20.2 Å². The first-order chi connectivity index (χ1) is 12.7. The van der Waals surface area contributed by atoms with Crippen LogP contribution in [0.1, 0.15) is 27.7 Å². The lowest BCUT2D eigenvalue weighted by atomic mass is 10.2. The summed E-state index contributed by atoms with van der Waals surface area (Å²) >= 11 is 2.37. The molecular formula is C16H14N6O2S2. The molecule has 0 aliphatic rings. The molecule has 0 unspecified atom stereocenters. The molecule has 0 aliphatic heterocycles. The van der Waals surface area contributed by atoms with Crippen molar-refractivity contribution in [1.29, 1.82) is 5.26 Å². The van der Waals surface area contributed by atoms with Crippen LogP contribution in [-0.4, -0.2) is 32.8 Å². The van der Waals surface area contributed by atoms with E-state index in [1.165, 1.54) is 11.8 Å². The molecule has 0 bridgehead atoms. The highest BCUT2D eigenvalue weighted by molar-refractivity contribution is 7.98. The Morgan fingerprint density at radius 1 is 1.42 bits per heavy atom. The first-order valence-corrected chi connectivity index (χ1v) is 9.40. The average Bonchev–Trinajstić information content (AvgIpc) is 3.24. The molecule has 2 aromatic heterocycles. The lowest BCUT2D eigenvalue weighted by Crippen LogP contribution is -2.05. The zero-order chi connectivity index (χ0) is 18.5. The van der Waals surface area contributed by atoms with E-state index in [2.05, 4.69) is 21.6 Å². The number of nitrogens with zero attached hydrogens (tertiary/aromatic N) is 5. The van der Waals surface area contributed by atoms with Crippen molar-refractivity contribution in [2.24, 2.45) is 0 Å². The Hall–Kier alpha value is -2.90. The highest BCUT2D eigenvalue weighted by Crippen LogP contribution is 2.35. The number of tetrazole rings is 1. The molecule has 0 amide bonds. The minimum Gasteiger partial charge on any atom is -0.462 e. The first-order valence-electron chi connectivity index (χ1n) is 7.60. The van der Waals surface area contributed by atoms with E-state index in [0.717, 1.165) is 17.0 Å². The standard InChI is InChI=1S/C16H14N6O2S2/c1-2-24-15(23)13-12(11(8-17)14(18)26-13)9-25-16-19-20-21-22(16)10-6-4-3-5-7-10/h3-7H,2,9,18H2,1H3. The van der Waals surface area contributed by atoms with Gasteiger partial charge in [0.25, 0.3) is 0 Å². The molecule has 2 heterocycles. The number of benzene rings is 1. The van der Waals surface area contributed by atoms with E-state index in [0.29, 0.717) is 31.9 Å². The number of thioether (sulfide) groups is 1. The molecule has 8 nitrogen and oxygen atoms in total. The van der Waals surface area contributed by atoms with E-state index in [1.807, 2.05) is 30.3 Å². The molecule has 3 aromatic rings. The van der Waals surface area contributed by atoms with E-state index < -0.39 is 5.97 Å². The molecule has 0 atom stereocenters. The number of nitriles is 1. The van der Waals surface area contributed by atoms with Crippen LogP contribution in [0.4, 0.5) is 5.00 Å². The second kappa shape index (κ2) is 7.99. The molecule has 0 radical (unpaired) electrons. The van der Waals surface area contributed by atoms with Crippen LogP contribution in [0.5, 0.6) is 0 Å². The monoisotopic (exact) mass is 386 g/mol. The summed E-state index contributed by atoms with van der Waals surface area (Å²) in [6.07, 6.45) is 0. The van der Waals surface area contributed by atoms with Gasteiger partial charge in [-0.05, 0) is 29.5 Å². The minimum absolute atomic E-state index is 0.247. The summed E-state index contributed by atoms with van der Waals surface area (Å²) in [6.45, 7) is 1.97. The predicted molar refractivity (Wildman–Crippen MR) is 98.1 cm³/mol. The molecule has 0 fully saturated rings. The molecular weight excluding hydrogens is 372 g/mol. The molecule has 3 rings (SSSR count). The fourth-order valence-electron chi connectivity index (χ4n) is 2.24. The van der Waals surface area contributed by atoms with Crippen molar-refractivity contribution in [3.8, 4) is 11.8 Å². The molecule has 26 heavy (non-hydrogen) atoms. The number of hydrogen-bond acceptors (Lipinski definition) is 9. The van der Waals surface area contributed by atoms with Crippen LogP contribution >= 0.6 is 23.1 Å². The van der Waals surface area contributed by atoms with Gasteiger partial charge in [0.05, 0.1) is 17.9 Å². The summed E-state index contributed by atoms with van der Waals surface area (Å²) in [6, 6.07) is 11.5. The third-order valence-corrected chi connectivity index (χ3v) is 5.38. The van der Waals surface area contributed by atoms with Crippen molar-refractivity contribution < 1.29 is 9.53 Å². The lowest BCUT2D eigenvalue weighted by Gasteiger charge is -2.05. The summed E-state index contributed by atoms with van der Waals surface area (Å²) in [5, 5.41) is 21.9. The van der Waals surface area contributed by atoms with Gasteiger partial charge >= 0.3 is 5.97 Å². The van der Waals surface area contributed by atoms with Gasteiger partial charge in [-0.25, -0.2) is 4.79 Å². The SMILES string of the molecule is CCOC(=O)c1sc(N)c(C#N)c1CSc1nnnn1-c1ccccc1. The number of esters is 1. The number of nitrogens with two attached hydrogens (primary N) is 1. The predicted octanol–water partition coefficient (Wildman–Crippen LogP) is 2.65. The molecule has 132 valence electrons. The van der Waals surface area contributed by atoms with Crippen molar-refractivity contribution in [3.63, 3.8) is 0 Å². The molecule has 1 aromatic carbocycles. The Morgan fingerprint density at radius 3 is 2.88 bits per heavy atom. The van der Waals surface area contributed by atoms with Crippen molar-refractivity contribution in [2.45, 2.75) is 17.8 Å². The zero-order valence-corrected chi connectivity index (χ0v) is 15.4. The minimum atomic E-state index is -0.482. The third kappa shape index (κ3) is 3.54. The second-order valence-electron chi connectivity index (χ2n) is 4.98. The van der Waals surface area contributed by atoms with Gasteiger partial charge in [-0.3, -0.25) is 0 Å². The third-order valence-electron chi connectivity index (χ3n) is 3.39. The molecule has 0 saturated heterocycles. The van der Waals surface area contributed by atoms with Gasteiger partial charge in [0.15, 0.2) is 0 Å². The average molecular weight is 386 g/mol. The Balaban J connectivity index is 1.88. The van der Waals surface area contributed by atoms with Crippen molar-refractivity contribution in [3.05, 3.63) is 46.3 Å². The summed E-state index contributed by atoms with van der Waals surface area (Å²) in [4.78, 5) is 12.5. The Morgan fingerprint density at radius 2 is 2.19 bits per heavy atom. The molecule has 2 N–H and O–H groups in total. The fraction of sp³-hybridized carbons (Fsp3) is 0.188. The Bertz CT molecular complexity index is 961. The van der Waals surface area contributed by atoms with Crippen LogP contribution in [0.15, 0.2) is 35.5 Å². The smallest absolute Gasteiger partial charge is 0.348 e. The van der Waals surface area contributed by atoms with E-state index in [1.54, 1.807) is 11.6 Å². The Labute approximate surface area is 157 Å². The van der Waals surface area contributed by atoms with E-state index in [4.69, 9.17) is 10.5 Å². The maximum atomic E-state index is 12.2. The number of thiophene rings is 1. The topological polar surface area (TPSA) is 120 Å². The van der Waals surface area contributed by atoms with Gasteiger partial charge in [0.2, 0.25) is 5.16 Å². The van der Waals surface area contributed by atoms with E-state index in [-0.39, 0.29) is 6.61 Å². The van der Waals surface area contributed by atoms with Crippen LogP contribution in [0.3, 0.4) is 0 Å². The number of carbonyl (C=O) groups excluding carboxylic acids is 1. The van der Waals surface area contributed by atoms with Gasteiger partial charge < -0.3 is 10.5 Å². The first kappa shape index (κ1) is 17.9. The summed E-state index contributed by atoms with van der Waals surface area (Å²) in [5.74, 6) is -0.165. The second-order valence-corrected chi connectivity index (χ2v) is 6.97. The van der Waals surface area contributed by atoms with Gasteiger partial charge in [0.1, 0.15) is 15.9 Å². The Kier molecular flexibility index (Phi) is 5.50. The van der Waals surface area contributed by atoms with Gasteiger partial charge in [-0.2, -0.15) is 9.94 Å². The summed E-state index contributed by atoms with van der Waals surface area (Å²) in [7, 11) is 0. The quantitative estimate of drug-likeness (QED) is 0.507. The summed E-state index contributed by atoms with van der Waals surface area (Å²) < 4.78 is 6.66. The van der Waals surface area contributed by atoms with Crippen molar-refractivity contribution in [2.75, 3.05) is 12.3 Å². The van der Waals surface area contributed by atoms with Crippen LogP contribution in [-0.2, 0) is 10.5 Å². The number of para-hydroxylation sites is 1. The number of anilines is 1. The molecule has 10 heteroatoms. The van der Waals surface area contributed by atoms with Crippen molar-refractivity contribution >= 4 is 34.1 Å². The van der Waals surface area contributed by atoms with Crippen LogP contribution in [0, 0.1) is 11.3 Å². The maximum Gasteiger partial charge on any atom is 0.348 e. The number of hydrogen-bond donors (Lipinski definition) is 1. The number of aromatic nitrogens is 4. The number of ether oxygens (including phenoxy) is 1. The van der Waals surface area contributed by atoms with E-state index in [9.17, 15) is 10.1 Å².